The summed E-state index contributed by atoms with van der Waals surface area (Å²) in [6, 6.07) is 0. The summed E-state index contributed by atoms with van der Waals surface area (Å²) in [6.45, 7) is 2.31. The molecule has 1 unspecified atom stereocenters. The van der Waals surface area contributed by atoms with Crippen LogP contribution < -0.4 is 10.5 Å². The Morgan fingerprint density at radius 3 is 2.29 bits per heavy atom. The highest BCUT2D eigenvalue weighted by atomic mass is 32.2. The first kappa shape index (κ1) is 10.4. The summed E-state index contributed by atoms with van der Waals surface area (Å²) in [6.07, 6.45) is 3.81. The second kappa shape index (κ2) is 3.18. The highest BCUT2D eigenvalue weighted by molar-refractivity contribution is 7.90. The summed E-state index contributed by atoms with van der Waals surface area (Å²) in [4.78, 5) is 0. The maximum absolute atomic E-state index is 11.7. The molecule has 14 heavy (non-hydrogen) atoms. The van der Waals surface area contributed by atoms with E-state index in [1.807, 2.05) is 6.92 Å². The van der Waals surface area contributed by atoms with Crippen LogP contribution in [-0.4, -0.2) is 25.8 Å². The minimum Gasteiger partial charge on any atom is -0.329 e. The van der Waals surface area contributed by atoms with Gasteiger partial charge in [-0.25, -0.2) is 13.1 Å². The lowest BCUT2D eigenvalue weighted by atomic mass is 9.98. The van der Waals surface area contributed by atoms with Gasteiger partial charge in [0, 0.05) is 12.1 Å². The molecule has 0 aromatic heterocycles. The Kier molecular flexibility index (Phi) is 2.36. The fourth-order valence-electron chi connectivity index (χ4n) is 1.80. The zero-order chi connectivity index (χ0) is 10.4. The zero-order valence-electron chi connectivity index (χ0n) is 8.49. The van der Waals surface area contributed by atoms with Crippen LogP contribution in [0.15, 0.2) is 0 Å². The fourth-order valence-corrected chi connectivity index (χ4v) is 3.62. The second-order valence-corrected chi connectivity index (χ2v) is 6.70. The molecule has 0 saturated heterocycles. The smallest absolute Gasteiger partial charge is 0.215 e. The largest absolute Gasteiger partial charge is 0.329 e. The maximum atomic E-state index is 11.7. The van der Waals surface area contributed by atoms with Crippen molar-refractivity contribution in [2.45, 2.75) is 43.4 Å². The summed E-state index contributed by atoms with van der Waals surface area (Å²) < 4.78 is 26.3. The molecule has 4 nitrogen and oxygen atoms in total. The van der Waals surface area contributed by atoms with E-state index in [0.29, 0.717) is 12.5 Å². The molecule has 82 valence electrons. The van der Waals surface area contributed by atoms with E-state index in [2.05, 4.69) is 4.72 Å². The van der Waals surface area contributed by atoms with Gasteiger partial charge < -0.3 is 5.73 Å². The lowest BCUT2D eigenvalue weighted by Crippen LogP contribution is -2.53. The summed E-state index contributed by atoms with van der Waals surface area (Å²) >= 11 is 0. The van der Waals surface area contributed by atoms with Crippen LogP contribution in [0, 0.1) is 5.92 Å². The molecule has 0 aliphatic heterocycles. The number of hydrogen-bond acceptors (Lipinski definition) is 3. The van der Waals surface area contributed by atoms with E-state index < -0.39 is 15.6 Å². The topological polar surface area (TPSA) is 72.2 Å². The molecule has 0 spiro atoms. The van der Waals surface area contributed by atoms with E-state index in [0.717, 1.165) is 25.7 Å². The van der Waals surface area contributed by atoms with Crippen LogP contribution in [0.1, 0.15) is 32.6 Å². The van der Waals surface area contributed by atoms with Gasteiger partial charge in [-0.1, -0.05) is 0 Å². The van der Waals surface area contributed by atoms with Crippen LogP contribution >= 0.6 is 0 Å². The average Bonchev–Trinajstić information content (AvgIpc) is 2.90. The van der Waals surface area contributed by atoms with Crippen LogP contribution in [0.3, 0.4) is 0 Å². The van der Waals surface area contributed by atoms with Gasteiger partial charge in [0.05, 0.1) is 5.25 Å². The van der Waals surface area contributed by atoms with Crippen molar-refractivity contribution in [3.63, 3.8) is 0 Å². The monoisotopic (exact) mass is 218 g/mol. The molecule has 2 rings (SSSR count). The number of nitrogens with two attached hydrogens (primary N) is 1. The first-order valence-electron chi connectivity index (χ1n) is 5.21. The number of sulfonamides is 1. The molecule has 3 N–H and O–H groups in total. The normalized spacial score (nSPS) is 27.3. The van der Waals surface area contributed by atoms with Gasteiger partial charge in [-0.3, -0.25) is 0 Å². The van der Waals surface area contributed by atoms with Gasteiger partial charge >= 0.3 is 0 Å². The molecule has 0 radical (unpaired) electrons. The molecule has 0 aromatic rings. The third-order valence-corrected chi connectivity index (χ3v) is 5.34. The van der Waals surface area contributed by atoms with Crippen molar-refractivity contribution in [1.82, 2.24) is 4.72 Å². The van der Waals surface area contributed by atoms with E-state index in [1.54, 1.807) is 0 Å². The highest BCUT2D eigenvalue weighted by Crippen LogP contribution is 2.40. The Morgan fingerprint density at radius 1 is 1.36 bits per heavy atom. The molecule has 2 aliphatic rings. The number of hydrogen-bond donors (Lipinski definition) is 2. The predicted molar refractivity (Wildman–Crippen MR) is 55.3 cm³/mol. The first-order chi connectivity index (χ1) is 6.48. The van der Waals surface area contributed by atoms with Crippen LogP contribution in [0.2, 0.25) is 0 Å². The van der Waals surface area contributed by atoms with Crippen LogP contribution in [-0.2, 0) is 10.0 Å². The van der Waals surface area contributed by atoms with E-state index in [-0.39, 0.29) is 5.25 Å². The predicted octanol–water partition coefficient (Wildman–Crippen LogP) is 0.196. The average molecular weight is 218 g/mol. The molecular weight excluding hydrogens is 200 g/mol. The molecule has 1 atom stereocenters. The van der Waals surface area contributed by atoms with Gasteiger partial charge in [0.15, 0.2) is 0 Å². The molecule has 0 bridgehead atoms. The molecular formula is C9H18N2O2S. The molecule has 0 amide bonds. The zero-order valence-corrected chi connectivity index (χ0v) is 9.31. The minimum absolute atomic E-state index is 0.146. The minimum atomic E-state index is -3.09. The summed E-state index contributed by atoms with van der Waals surface area (Å²) in [5, 5.41) is -0.146. The van der Waals surface area contributed by atoms with Gasteiger partial charge in [-0.05, 0) is 38.5 Å². The van der Waals surface area contributed by atoms with Gasteiger partial charge in [0.1, 0.15) is 0 Å². The third-order valence-electron chi connectivity index (χ3n) is 3.24. The first-order valence-corrected chi connectivity index (χ1v) is 6.75. The Hall–Kier alpha value is -0.130. The van der Waals surface area contributed by atoms with Crippen molar-refractivity contribution < 1.29 is 8.42 Å². The molecule has 5 heteroatoms. The van der Waals surface area contributed by atoms with Gasteiger partial charge in [-0.15, -0.1) is 0 Å². The maximum Gasteiger partial charge on any atom is 0.215 e. The van der Waals surface area contributed by atoms with Gasteiger partial charge in [-0.2, -0.15) is 0 Å². The molecule has 2 fully saturated rings. The molecule has 2 saturated carbocycles. The van der Waals surface area contributed by atoms with Crippen molar-refractivity contribution in [2.75, 3.05) is 6.54 Å². The van der Waals surface area contributed by atoms with Crippen molar-refractivity contribution in [3.05, 3.63) is 0 Å². The quantitative estimate of drug-likeness (QED) is 0.692. The Morgan fingerprint density at radius 2 is 1.93 bits per heavy atom. The number of nitrogens with one attached hydrogen (secondary N) is 1. The van der Waals surface area contributed by atoms with Crippen molar-refractivity contribution in [3.8, 4) is 0 Å². The van der Waals surface area contributed by atoms with E-state index in [1.165, 1.54) is 0 Å². The third kappa shape index (κ3) is 1.94. The van der Waals surface area contributed by atoms with Crippen molar-refractivity contribution in [1.29, 1.82) is 0 Å². The SMILES string of the molecule is CC(CN)(NS(=O)(=O)C1CC1)C1CC1. The Bertz CT molecular complexity index is 320. The lowest BCUT2D eigenvalue weighted by molar-refractivity contribution is 0.374. The van der Waals surface area contributed by atoms with E-state index >= 15 is 0 Å². The lowest BCUT2D eigenvalue weighted by Gasteiger charge is -2.29. The standard InChI is InChI=1S/C9H18N2O2S/c1-9(6-10,7-2-3-7)11-14(12,13)8-4-5-8/h7-8,11H,2-6,10H2,1H3. The van der Waals surface area contributed by atoms with E-state index in [9.17, 15) is 8.42 Å². The van der Waals surface area contributed by atoms with Crippen LogP contribution in [0.4, 0.5) is 0 Å². The van der Waals surface area contributed by atoms with Gasteiger partial charge in [0.2, 0.25) is 10.0 Å². The van der Waals surface area contributed by atoms with Crippen molar-refractivity contribution in [2.24, 2.45) is 11.7 Å². The van der Waals surface area contributed by atoms with Crippen LogP contribution in [0.25, 0.3) is 0 Å². The Labute approximate surface area is 85.3 Å². The summed E-state index contributed by atoms with van der Waals surface area (Å²) in [7, 11) is -3.09. The van der Waals surface area contributed by atoms with Crippen molar-refractivity contribution >= 4 is 10.0 Å². The fraction of sp³-hybridized carbons (Fsp3) is 1.00. The Balaban J connectivity index is 2.06. The second-order valence-electron chi connectivity index (χ2n) is 4.74. The summed E-state index contributed by atoms with van der Waals surface area (Å²) in [5.74, 6) is 0.445. The van der Waals surface area contributed by atoms with E-state index in [4.69, 9.17) is 5.73 Å². The highest BCUT2D eigenvalue weighted by Gasteiger charge is 2.46. The van der Waals surface area contributed by atoms with Gasteiger partial charge in [0.25, 0.3) is 0 Å². The van der Waals surface area contributed by atoms with Crippen LogP contribution in [0.5, 0.6) is 0 Å². The molecule has 2 aliphatic carbocycles. The summed E-state index contributed by atoms with van der Waals surface area (Å²) in [5.41, 5.74) is 5.25. The molecule has 0 heterocycles. The molecule has 0 aromatic carbocycles. The number of rotatable bonds is 5.